The minimum absolute atomic E-state index is 0.00400. The van der Waals surface area contributed by atoms with E-state index in [0.29, 0.717) is 0 Å². The molecule has 0 aromatic carbocycles. The van der Waals surface area contributed by atoms with Crippen molar-refractivity contribution in [2.45, 2.75) is 77.6 Å². The first-order valence-corrected chi connectivity index (χ1v) is 10.1. The first-order valence-electron chi connectivity index (χ1n) is 7.13. The van der Waals surface area contributed by atoms with Gasteiger partial charge in [-0.05, 0) is 58.2 Å². The fourth-order valence-corrected chi connectivity index (χ4v) is 7.27. The van der Waals surface area contributed by atoms with Gasteiger partial charge >= 0.3 is 0 Å². The van der Waals surface area contributed by atoms with Crippen molar-refractivity contribution in [2.75, 3.05) is 0 Å². The Bertz CT molecular complexity index is 263. The summed E-state index contributed by atoms with van der Waals surface area (Å²) in [5.41, 5.74) is 0.787. The van der Waals surface area contributed by atoms with Crippen molar-refractivity contribution in [2.24, 2.45) is 5.92 Å². The van der Waals surface area contributed by atoms with E-state index < -0.39 is 8.32 Å². The summed E-state index contributed by atoms with van der Waals surface area (Å²) in [6.07, 6.45) is 10.0. The van der Waals surface area contributed by atoms with Gasteiger partial charge in [0.25, 0.3) is 0 Å². The van der Waals surface area contributed by atoms with Crippen LogP contribution in [-0.4, -0.2) is 13.9 Å². The van der Waals surface area contributed by atoms with Gasteiger partial charge in [0.05, 0.1) is 0 Å². The Kier molecular flexibility index (Phi) is 5.03. The molecular formula is C15H30OSi. The summed E-state index contributed by atoms with van der Waals surface area (Å²) in [4.78, 5) is 0. The molecule has 0 amide bonds. The van der Waals surface area contributed by atoms with Gasteiger partial charge in [-0.2, -0.15) is 0 Å². The van der Waals surface area contributed by atoms with Crippen LogP contribution < -0.4 is 0 Å². The SMILES string of the molecule is CCCC(C1C=CCC1)[Si](C)(C)OC(C)(C)C. The molecule has 0 heterocycles. The van der Waals surface area contributed by atoms with Gasteiger partial charge in [-0.15, -0.1) is 0 Å². The molecule has 17 heavy (non-hydrogen) atoms. The smallest absolute Gasteiger partial charge is 0.191 e. The third kappa shape index (κ3) is 4.59. The minimum atomic E-state index is -1.61. The zero-order valence-corrected chi connectivity index (χ0v) is 13.5. The van der Waals surface area contributed by atoms with E-state index in [4.69, 9.17) is 4.43 Å². The van der Waals surface area contributed by atoms with Crippen molar-refractivity contribution >= 4 is 8.32 Å². The lowest BCUT2D eigenvalue weighted by molar-refractivity contribution is 0.113. The van der Waals surface area contributed by atoms with Crippen molar-refractivity contribution in [3.8, 4) is 0 Å². The van der Waals surface area contributed by atoms with Gasteiger partial charge in [0.15, 0.2) is 8.32 Å². The predicted octanol–water partition coefficient (Wildman–Crippen LogP) is 5.14. The Balaban J connectivity index is 2.77. The highest BCUT2D eigenvalue weighted by Gasteiger charge is 2.40. The van der Waals surface area contributed by atoms with Crippen LogP contribution in [0, 0.1) is 5.92 Å². The molecule has 0 radical (unpaired) electrons. The molecule has 100 valence electrons. The molecule has 0 N–H and O–H groups in total. The summed E-state index contributed by atoms with van der Waals surface area (Å²) in [6.45, 7) is 13.7. The van der Waals surface area contributed by atoms with Gasteiger partial charge < -0.3 is 4.43 Å². The molecule has 2 heteroatoms. The molecule has 2 atom stereocenters. The van der Waals surface area contributed by atoms with E-state index in [9.17, 15) is 0 Å². The van der Waals surface area contributed by atoms with Crippen LogP contribution in [-0.2, 0) is 4.43 Å². The average molecular weight is 254 g/mol. The zero-order valence-electron chi connectivity index (χ0n) is 12.5. The molecular weight excluding hydrogens is 224 g/mol. The fraction of sp³-hybridized carbons (Fsp3) is 0.867. The lowest BCUT2D eigenvalue weighted by Gasteiger charge is -2.40. The Morgan fingerprint density at radius 2 is 2.00 bits per heavy atom. The van der Waals surface area contributed by atoms with E-state index in [1.807, 2.05) is 0 Å². The van der Waals surface area contributed by atoms with Crippen molar-refractivity contribution in [3.63, 3.8) is 0 Å². The average Bonchev–Trinajstić information content (AvgIpc) is 2.62. The summed E-state index contributed by atoms with van der Waals surface area (Å²) in [6, 6.07) is 0. The normalized spacial score (nSPS) is 23.1. The molecule has 1 aliphatic carbocycles. The van der Waals surface area contributed by atoms with Crippen molar-refractivity contribution in [3.05, 3.63) is 12.2 Å². The standard InChI is InChI=1S/C15H30OSi/c1-7-10-14(13-11-8-9-12-13)17(5,6)16-15(2,3)4/h8,11,13-14H,7,9-10,12H2,1-6H3. The van der Waals surface area contributed by atoms with E-state index in [1.165, 1.54) is 25.7 Å². The van der Waals surface area contributed by atoms with E-state index in [2.05, 4.69) is 52.9 Å². The van der Waals surface area contributed by atoms with Gasteiger partial charge in [-0.3, -0.25) is 0 Å². The number of hydrogen-bond donors (Lipinski definition) is 0. The van der Waals surface area contributed by atoms with Crippen LogP contribution in [0.1, 0.15) is 53.4 Å². The maximum atomic E-state index is 6.46. The monoisotopic (exact) mass is 254 g/mol. The second kappa shape index (κ2) is 5.70. The maximum absolute atomic E-state index is 6.46. The number of rotatable bonds is 5. The third-order valence-corrected chi connectivity index (χ3v) is 7.27. The summed E-state index contributed by atoms with van der Waals surface area (Å²) in [5.74, 6) is 0.777. The summed E-state index contributed by atoms with van der Waals surface area (Å²) < 4.78 is 6.46. The Morgan fingerprint density at radius 1 is 1.35 bits per heavy atom. The highest BCUT2D eigenvalue weighted by atomic mass is 28.4. The van der Waals surface area contributed by atoms with Crippen molar-refractivity contribution in [1.82, 2.24) is 0 Å². The van der Waals surface area contributed by atoms with E-state index in [1.54, 1.807) is 0 Å². The van der Waals surface area contributed by atoms with Crippen LogP contribution >= 0.6 is 0 Å². The van der Waals surface area contributed by atoms with Crippen LogP contribution in [0.25, 0.3) is 0 Å². The maximum Gasteiger partial charge on any atom is 0.191 e. The van der Waals surface area contributed by atoms with Crippen LogP contribution in [0.4, 0.5) is 0 Å². The summed E-state index contributed by atoms with van der Waals surface area (Å²) in [5, 5.41) is 0. The molecule has 0 saturated carbocycles. The van der Waals surface area contributed by atoms with E-state index in [-0.39, 0.29) is 5.60 Å². The lowest BCUT2D eigenvalue weighted by atomic mass is 10.0. The lowest BCUT2D eigenvalue weighted by Crippen LogP contribution is -2.45. The Morgan fingerprint density at radius 3 is 2.41 bits per heavy atom. The number of allylic oxidation sites excluding steroid dienone is 2. The van der Waals surface area contributed by atoms with Crippen molar-refractivity contribution < 1.29 is 4.43 Å². The quantitative estimate of drug-likeness (QED) is 0.487. The highest BCUT2D eigenvalue weighted by Crippen LogP contribution is 2.42. The molecule has 0 aliphatic heterocycles. The molecule has 0 bridgehead atoms. The second-order valence-corrected chi connectivity index (χ2v) is 11.0. The molecule has 0 aromatic heterocycles. The summed E-state index contributed by atoms with van der Waals surface area (Å²) in [7, 11) is -1.61. The number of hydrogen-bond acceptors (Lipinski definition) is 1. The molecule has 1 aliphatic rings. The largest absolute Gasteiger partial charge is 0.412 e. The van der Waals surface area contributed by atoms with Gasteiger partial charge in [-0.1, -0.05) is 31.9 Å². The molecule has 1 nitrogen and oxygen atoms in total. The van der Waals surface area contributed by atoms with Crippen LogP contribution in [0.2, 0.25) is 18.6 Å². The van der Waals surface area contributed by atoms with Gasteiger partial charge in [0.2, 0.25) is 0 Å². The molecule has 0 spiro atoms. The van der Waals surface area contributed by atoms with Crippen LogP contribution in [0.15, 0.2) is 12.2 Å². The van der Waals surface area contributed by atoms with Crippen LogP contribution in [0.5, 0.6) is 0 Å². The van der Waals surface area contributed by atoms with Gasteiger partial charge in [-0.25, -0.2) is 0 Å². The van der Waals surface area contributed by atoms with Gasteiger partial charge in [0.1, 0.15) is 0 Å². The molecule has 0 aromatic rings. The third-order valence-electron chi connectivity index (χ3n) is 3.63. The molecule has 0 fully saturated rings. The Labute approximate surface area is 109 Å². The molecule has 0 saturated heterocycles. The highest BCUT2D eigenvalue weighted by molar-refractivity contribution is 6.72. The summed E-state index contributed by atoms with van der Waals surface area (Å²) >= 11 is 0. The van der Waals surface area contributed by atoms with E-state index >= 15 is 0 Å². The zero-order chi connectivity index (χ0) is 13.1. The van der Waals surface area contributed by atoms with Gasteiger partial charge in [0, 0.05) is 5.60 Å². The van der Waals surface area contributed by atoms with E-state index in [0.717, 1.165) is 11.5 Å². The Hall–Kier alpha value is -0.0831. The fourth-order valence-electron chi connectivity index (χ4n) is 3.24. The second-order valence-electron chi connectivity index (χ2n) is 6.88. The first-order chi connectivity index (χ1) is 7.76. The minimum Gasteiger partial charge on any atom is -0.412 e. The molecule has 1 rings (SSSR count). The first kappa shape index (κ1) is 15.0. The predicted molar refractivity (Wildman–Crippen MR) is 78.8 cm³/mol. The molecule has 2 unspecified atom stereocenters. The van der Waals surface area contributed by atoms with Crippen LogP contribution in [0.3, 0.4) is 0 Å². The topological polar surface area (TPSA) is 9.23 Å². The van der Waals surface area contributed by atoms with Crippen molar-refractivity contribution in [1.29, 1.82) is 0 Å².